The molecule has 4 unspecified atom stereocenters. The third kappa shape index (κ3) is 1.16. The second-order valence-corrected chi connectivity index (χ2v) is 5.38. The van der Waals surface area contributed by atoms with Gasteiger partial charge in [0.2, 0.25) is 0 Å². The quantitative estimate of drug-likeness (QED) is 0.616. The molecule has 0 heterocycles. The Morgan fingerprint density at radius 3 is 2.64 bits per heavy atom. The maximum Gasteiger partial charge on any atom is 0.136 e. The first-order valence-electron chi connectivity index (χ1n) is 4.35. The predicted molar refractivity (Wildman–Crippen MR) is 47.7 cm³/mol. The van der Waals surface area contributed by atoms with Gasteiger partial charge in [0.25, 0.3) is 0 Å². The second-order valence-electron chi connectivity index (χ2n) is 3.94. The number of rotatable bonds is 1. The molecule has 4 atom stereocenters. The number of carbonyl (C=O) groups is 1. The highest BCUT2D eigenvalue weighted by molar-refractivity contribution is 9.09. The number of halogens is 1. The summed E-state index contributed by atoms with van der Waals surface area (Å²) in [6.45, 7) is 2.20. The summed E-state index contributed by atoms with van der Waals surface area (Å²) >= 11 is 3.61. The van der Waals surface area contributed by atoms with Gasteiger partial charge in [-0.1, -0.05) is 22.9 Å². The topological polar surface area (TPSA) is 17.1 Å². The Morgan fingerprint density at radius 1 is 1.55 bits per heavy atom. The van der Waals surface area contributed by atoms with Gasteiger partial charge in [-0.25, -0.2) is 0 Å². The van der Waals surface area contributed by atoms with Gasteiger partial charge in [0, 0.05) is 17.2 Å². The maximum absolute atomic E-state index is 11.2. The van der Waals surface area contributed by atoms with Crippen molar-refractivity contribution >= 4 is 21.7 Å². The van der Waals surface area contributed by atoms with Gasteiger partial charge >= 0.3 is 0 Å². The summed E-state index contributed by atoms with van der Waals surface area (Å²) in [5.41, 5.74) is 0. The van der Waals surface area contributed by atoms with E-state index in [1.807, 2.05) is 0 Å². The Balaban J connectivity index is 2.08. The first-order chi connectivity index (χ1) is 5.18. The van der Waals surface area contributed by atoms with Crippen LogP contribution in [0.4, 0.5) is 0 Å². The first kappa shape index (κ1) is 7.78. The smallest absolute Gasteiger partial charge is 0.136 e. The lowest BCUT2D eigenvalue weighted by molar-refractivity contribution is -0.122. The van der Waals surface area contributed by atoms with Gasteiger partial charge in [0.15, 0.2) is 0 Å². The second kappa shape index (κ2) is 2.58. The fraction of sp³-hybridized carbons (Fsp3) is 0.889. The maximum atomic E-state index is 11.2. The largest absolute Gasteiger partial charge is 0.299 e. The van der Waals surface area contributed by atoms with Crippen LogP contribution in [0.1, 0.15) is 26.2 Å². The van der Waals surface area contributed by atoms with Crippen molar-refractivity contribution in [2.75, 3.05) is 0 Å². The minimum absolute atomic E-state index is 0.435. The standard InChI is InChI=1S/C9H13BrO/c1-5(10)8-3-7-2-6(8)4-9(7)11/h5-8H,2-4H2,1H3. The van der Waals surface area contributed by atoms with Crippen LogP contribution in [0, 0.1) is 17.8 Å². The molecule has 2 aliphatic carbocycles. The van der Waals surface area contributed by atoms with E-state index in [1.54, 1.807) is 0 Å². The number of hydrogen-bond donors (Lipinski definition) is 0. The number of fused-ring (bicyclic) bond motifs is 2. The highest BCUT2D eigenvalue weighted by Gasteiger charge is 2.46. The zero-order valence-corrected chi connectivity index (χ0v) is 8.30. The predicted octanol–water partition coefficient (Wildman–Crippen LogP) is 2.39. The molecule has 11 heavy (non-hydrogen) atoms. The lowest BCUT2D eigenvalue weighted by atomic mass is 9.86. The summed E-state index contributed by atoms with van der Waals surface area (Å²) in [5, 5.41) is 0. The highest BCUT2D eigenvalue weighted by Crippen LogP contribution is 2.48. The van der Waals surface area contributed by atoms with Crippen LogP contribution in [0.2, 0.25) is 0 Å². The summed E-state index contributed by atoms with van der Waals surface area (Å²) in [7, 11) is 0. The number of alkyl halides is 1. The molecule has 2 bridgehead atoms. The Hall–Kier alpha value is 0.150. The molecule has 0 saturated heterocycles. The van der Waals surface area contributed by atoms with Crippen LogP contribution in [-0.2, 0) is 4.79 Å². The summed E-state index contributed by atoms with van der Waals surface area (Å²) in [6, 6.07) is 0. The Labute approximate surface area is 75.7 Å². The molecule has 1 nitrogen and oxygen atoms in total. The van der Waals surface area contributed by atoms with Gasteiger partial charge in [-0.3, -0.25) is 4.79 Å². The Bertz CT molecular complexity index is 188. The van der Waals surface area contributed by atoms with Gasteiger partial charge in [0.05, 0.1) is 0 Å². The molecule has 0 aromatic rings. The monoisotopic (exact) mass is 216 g/mol. The minimum atomic E-state index is 0.435. The average molecular weight is 217 g/mol. The van der Waals surface area contributed by atoms with Gasteiger partial charge in [0.1, 0.15) is 5.78 Å². The van der Waals surface area contributed by atoms with Crippen molar-refractivity contribution in [3.63, 3.8) is 0 Å². The van der Waals surface area contributed by atoms with Crippen LogP contribution in [0.25, 0.3) is 0 Å². The van der Waals surface area contributed by atoms with E-state index in [2.05, 4.69) is 22.9 Å². The Kier molecular flexibility index (Phi) is 1.82. The third-order valence-corrected chi connectivity index (χ3v) is 3.94. The van der Waals surface area contributed by atoms with Crippen molar-refractivity contribution < 1.29 is 4.79 Å². The molecule has 0 N–H and O–H groups in total. The van der Waals surface area contributed by atoms with E-state index in [4.69, 9.17) is 0 Å². The first-order valence-corrected chi connectivity index (χ1v) is 5.27. The molecule has 0 amide bonds. The van der Waals surface area contributed by atoms with E-state index in [0.29, 0.717) is 22.4 Å². The molecule has 0 aliphatic heterocycles. The van der Waals surface area contributed by atoms with Gasteiger partial charge in [-0.2, -0.15) is 0 Å². The average Bonchev–Trinajstić information content (AvgIpc) is 2.43. The zero-order valence-electron chi connectivity index (χ0n) is 6.72. The van der Waals surface area contributed by atoms with E-state index in [9.17, 15) is 4.79 Å². The van der Waals surface area contributed by atoms with Crippen molar-refractivity contribution in [2.24, 2.45) is 17.8 Å². The van der Waals surface area contributed by atoms with E-state index in [-0.39, 0.29) is 0 Å². The van der Waals surface area contributed by atoms with Gasteiger partial charge in [-0.05, 0) is 24.7 Å². The third-order valence-electron chi connectivity index (χ3n) is 3.26. The molecule has 2 fully saturated rings. The van der Waals surface area contributed by atoms with Crippen LogP contribution in [0.15, 0.2) is 0 Å². The van der Waals surface area contributed by atoms with Crippen LogP contribution >= 0.6 is 15.9 Å². The zero-order chi connectivity index (χ0) is 8.01. The van der Waals surface area contributed by atoms with Gasteiger partial charge < -0.3 is 0 Å². The lowest BCUT2D eigenvalue weighted by Gasteiger charge is -2.22. The minimum Gasteiger partial charge on any atom is -0.299 e. The van der Waals surface area contributed by atoms with Crippen LogP contribution in [0.3, 0.4) is 0 Å². The van der Waals surface area contributed by atoms with E-state index in [1.165, 1.54) is 6.42 Å². The molecule has 62 valence electrons. The molecule has 2 heteroatoms. The molecule has 0 aromatic heterocycles. The summed E-state index contributed by atoms with van der Waals surface area (Å²) in [6.07, 6.45) is 3.20. The molecular weight excluding hydrogens is 204 g/mol. The fourth-order valence-electron chi connectivity index (χ4n) is 2.64. The van der Waals surface area contributed by atoms with E-state index >= 15 is 0 Å². The Morgan fingerprint density at radius 2 is 2.27 bits per heavy atom. The number of carbonyl (C=O) groups excluding carboxylic acids is 1. The number of Topliss-reactive ketones (excluding diaryl/α,β-unsaturated/α-hetero) is 1. The number of ketones is 1. The summed E-state index contributed by atoms with van der Waals surface area (Å²) in [5.74, 6) is 2.45. The van der Waals surface area contributed by atoms with Crippen molar-refractivity contribution in [2.45, 2.75) is 31.0 Å². The van der Waals surface area contributed by atoms with Gasteiger partial charge in [-0.15, -0.1) is 0 Å². The SMILES string of the molecule is CC(Br)C1CC2CC1CC2=O. The van der Waals surface area contributed by atoms with Crippen molar-refractivity contribution in [1.82, 2.24) is 0 Å². The van der Waals surface area contributed by atoms with E-state index < -0.39 is 0 Å². The van der Waals surface area contributed by atoms with Crippen molar-refractivity contribution in [1.29, 1.82) is 0 Å². The van der Waals surface area contributed by atoms with Crippen molar-refractivity contribution in [3.05, 3.63) is 0 Å². The van der Waals surface area contributed by atoms with E-state index in [0.717, 1.165) is 18.8 Å². The molecule has 2 rings (SSSR count). The lowest BCUT2D eigenvalue weighted by Crippen LogP contribution is -2.22. The van der Waals surface area contributed by atoms with Crippen molar-refractivity contribution in [3.8, 4) is 0 Å². The summed E-state index contributed by atoms with van der Waals surface area (Å²) in [4.78, 5) is 11.8. The molecule has 0 aromatic carbocycles. The molecule has 0 radical (unpaired) electrons. The number of hydrogen-bond acceptors (Lipinski definition) is 1. The molecular formula is C9H13BrO. The fourth-order valence-corrected chi connectivity index (χ4v) is 3.29. The summed E-state index contributed by atoms with van der Waals surface area (Å²) < 4.78 is 0. The molecule has 0 spiro atoms. The molecule has 2 saturated carbocycles. The van der Waals surface area contributed by atoms with Crippen LogP contribution < -0.4 is 0 Å². The highest BCUT2D eigenvalue weighted by atomic mass is 79.9. The normalized spacial score (nSPS) is 44.9. The van der Waals surface area contributed by atoms with Crippen LogP contribution in [0.5, 0.6) is 0 Å². The van der Waals surface area contributed by atoms with Crippen LogP contribution in [-0.4, -0.2) is 10.6 Å². The molecule has 2 aliphatic rings.